The second-order valence-corrected chi connectivity index (χ2v) is 4.92. The number of likely N-dealkylation sites (N-methyl/N-ethyl adjacent to an activating group) is 1. The third kappa shape index (κ3) is 5.12. The highest BCUT2D eigenvalue weighted by molar-refractivity contribution is 7.11. The number of rotatable bonds is 9. The van der Waals surface area contributed by atoms with Crippen LogP contribution < -0.4 is 5.32 Å². The molecule has 0 amide bonds. The maximum absolute atomic E-state index is 10.7. The van der Waals surface area contributed by atoms with Crippen molar-refractivity contribution in [2.24, 2.45) is 0 Å². The summed E-state index contributed by atoms with van der Waals surface area (Å²) in [6.07, 6.45) is 1.17. The number of carboxylic acids is 1. The lowest BCUT2D eigenvalue weighted by Gasteiger charge is -2.19. The van der Waals surface area contributed by atoms with Gasteiger partial charge < -0.3 is 15.3 Å². The highest BCUT2D eigenvalue weighted by atomic mass is 32.1. The summed E-state index contributed by atoms with van der Waals surface area (Å²) in [5, 5.41) is 14.0. The lowest BCUT2D eigenvalue weighted by molar-refractivity contribution is 0.0696. The maximum Gasteiger partial charge on any atom is 0.365 e. The van der Waals surface area contributed by atoms with E-state index in [-0.39, 0.29) is 5.01 Å². The molecule has 5 nitrogen and oxygen atoms in total. The number of hydrogen-bond acceptors (Lipinski definition) is 5. The van der Waals surface area contributed by atoms with Gasteiger partial charge in [0.15, 0.2) is 0 Å². The number of carboxylic acid groups (broad SMARTS) is 1. The van der Waals surface area contributed by atoms with Crippen molar-refractivity contribution >= 4 is 17.3 Å². The van der Waals surface area contributed by atoms with E-state index in [1.165, 1.54) is 17.8 Å². The standard InChI is InChI=1S/C12H21N3O2S/c1-3-6-15(4-2)7-5-13-8-10-9-18-11(14-10)12(16)17/h9,13H,3-8H2,1-2H3,(H,16,17). The average molecular weight is 271 g/mol. The van der Waals surface area contributed by atoms with Gasteiger partial charge in [-0.15, -0.1) is 11.3 Å². The first-order chi connectivity index (χ1) is 8.67. The Kier molecular flexibility index (Phi) is 6.85. The fraction of sp³-hybridized carbons (Fsp3) is 0.667. The summed E-state index contributed by atoms with van der Waals surface area (Å²) in [5.41, 5.74) is 0.802. The Morgan fingerprint density at radius 2 is 2.28 bits per heavy atom. The van der Waals surface area contributed by atoms with Gasteiger partial charge in [0.05, 0.1) is 5.69 Å². The highest BCUT2D eigenvalue weighted by Gasteiger charge is 2.08. The minimum absolute atomic E-state index is 0.160. The number of aromatic carboxylic acids is 1. The number of thiazole rings is 1. The first-order valence-corrected chi connectivity index (χ1v) is 7.16. The largest absolute Gasteiger partial charge is 0.476 e. The quantitative estimate of drug-likeness (QED) is 0.669. The highest BCUT2D eigenvalue weighted by Crippen LogP contribution is 2.08. The first kappa shape index (κ1) is 15.1. The molecule has 0 aliphatic rings. The Hall–Kier alpha value is -0.980. The lowest BCUT2D eigenvalue weighted by atomic mass is 10.4. The minimum atomic E-state index is -0.952. The Bertz CT molecular complexity index is 368. The summed E-state index contributed by atoms with van der Waals surface area (Å²) in [5.74, 6) is -0.952. The molecule has 0 aromatic carbocycles. The van der Waals surface area contributed by atoms with Crippen molar-refractivity contribution in [2.45, 2.75) is 26.8 Å². The van der Waals surface area contributed by atoms with Crippen LogP contribution in [0.5, 0.6) is 0 Å². The molecule has 2 N–H and O–H groups in total. The van der Waals surface area contributed by atoms with Crippen LogP contribution in [-0.2, 0) is 6.54 Å². The zero-order valence-electron chi connectivity index (χ0n) is 11.0. The van der Waals surface area contributed by atoms with Crippen molar-refractivity contribution in [1.82, 2.24) is 15.2 Å². The van der Waals surface area contributed by atoms with Crippen molar-refractivity contribution in [2.75, 3.05) is 26.2 Å². The van der Waals surface area contributed by atoms with Crippen LogP contribution in [0.3, 0.4) is 0 Å². The fourth-order valence-electron chi connectivity index (χ4n) is 1.68. The van der Waals surface area contributed by atoms with Gasteiger partial charge in [0.2, 0.25) is 5.01 Å². The number of aromatic nitrogens is 1. The third-order valence-electron chi connectivity index (χ3n) is 2.63. The molecule has 0 aliphatic carbocycles. The van der Waals surface area contributed by atoms with E-state index in [1.54, 1.807) is 5.38 Å². The molecular weight excluding hydrogens is 250 g/mol. The lowest BCUT2D eigenvalue weighted by Crippen LogP contribution is -2.32. The van der Waals surface area contributed by atoms with Crippen molar-refractivity contribution in [3.63, 3.8) is 0 Å². The molecular formula is C12H21N3O2S. The predicted octanol–water partition coefficient (Wildman–Crippen LogP) is 1.66. The summed E-state index contributed by atoms with van der Waals surface area (Å²) >= 11 is 1.17. The van der Waals surface area contributed by atoms with Gasteiger partial charge in [-0.1, -0.05) is 13.8 Å². The summed E-state index contributed by atoms with van der Waals surface area (Å²) in [4.78, 5) is 17.1. The van der Waals surface area contributed by atoms with Crippen molar-refractivity contribution in [3.8, 4) is 0 Å². The monoisotopic (exact) mass is 271 g/mol. The van der Waals surface area contributed by atoms with Gasteiger partial charge in [0, 0.05) is 25.0 Å². The molecule has 1 rings (SSSR count). The Labute approximate surface area is 112 Å². The van der Waals surface area contributed by atoms with Gasteiger partial charge in [-0.2, -0.15) is 0 Å². The Morgan fingerprint density at radius 3 is 2.83 bits per heavy atom. The summed E-state index contributed by atoms with van der Waals surface area (Å²) in [6, 6.07) is 0. The van der Waals surface area contributed by atoms with Crippen LogP contribution in [0.2, 0.25) is 0 Å². The van der Waals surface area contributed by atoms with E-state index < -0.39 is 5.97 Å². The molecule has 0 unspecified atom stereocenters. The average Bonchev–Trinajstić information content (AvgIpc) is 2.82. The molecule has 0 fully saturated rings. The van der Waals surface area contributed by atoms with E-state index in [2.05, 4.69) is 29.0 Å². The van der Waals surface area contributed by atoms with Crippen LogP contribution in [0.25, 0.3) is 0 Å². The molecule has 0 radical (unpaired) electrons. The number of nitrogens with one attached hydrogen (secondary N) is 1. The molecule has 0 spiro atoms. The van der Waals surface area contributed by atoms with Crippen LogP contribution in [0.1, 0.15) is 35.8 Å². The Morgan fingerprint density at radius 1 is 1.50 bits per heavy atom. The van der Waals surface area contributed by atoms with E-state index in [9.17, 15) is 4.79 Å². The molecule has 1 aromatic heterocycles. The van der Waals surface area contributed by atoms with E-state index >= 15 is 0 Å². The molecule has 0 aliphatic heterocycles. The number of nitrogens with zero attached hydrogens (tertiary/aromatic N) is 2. The summed E-state index contributed by atoms with van der Waals surface area (Å²) < 4.78 is 0. The van der Waals surface area contributed by atoms with Crippen LogP contribution in [0.4, 0.5) is 0 Å². The fourth-order valence-corrected chi connectivity index (χ4v) is 2.34. The zero-order valence-corrected chi connectivity index (χ0v) is 11.8. The second kappa shape index (κ2) is 8.18. The summed E-state index contributed by atoms with van der Waals surface area (Å²) in [6.45, 7) is 9.07. The first-order valence-electron chi connectivity index (χ1n) is 6.28. The van der Waals surface area contributed by atoms with Gasteiger partial charge in [0.25, 0.3) is 0 Å². The molecule has 0 atom stereocenters. The van der Waals surface area contributed by atoms with E-state index in [4.69, 9.17) is 5.11 Å². The summed E-state index contributed by atoms with van der Waals surface area (Å²) in [7, 11) is 0. The van der Waals surface area contributed by atoms with Crippen molar-refractivity contribution < 1.29 is 9.90 Å². The second-order valence-electron chi connectivity index (χ2n) is 4.06. The van der Waals surface area contributed by atoms with Crippen molar-refractivity contribution in [3.05, 3.63) is 16.1 Å². The van der Waals surface area contributed by atoms with Gasteiger partial charge in [-0.05, 0) is 19.5 Å². The molecule has 6 heteroatoms. The van der Waals surface area contributed by atoms with Crippen LogP contribution >= 0.6 is 11.3 Å². The zero-order chi connectivity index (χ0) is 13.4. The molecule has 18 heavy (non-hydrogen) atoms. The van der Waals surface area contributed by atoms with Gasteiger partial charge in [-0.25, -0.2) is 9.78 Å². The third-order valence-corrected chi connectivity index (χ3v) is 3.51. The van der Waals surface area contributed by atoms with Gasteiger partial charge in [0.1, 0.15) is 0 Å². The van der Waals surface area contributed by atoms with Gasteiger partial charge >= 0.3 is 5.97 Å². The SMILES string of the molecule is CCCN(CC)CCNCc1csc(C(=O)O)n1. The molecule has 0 saturated carbocycles. The van der Waals surface area contributed by atoms with E-state index in [0.29, 0.717) is 6.54 Å². The maximum atomic E-state index is 10.7. The smallest absolute Gasteiger partial charge is 0.365 e. The minimum Gasteiger partial charge on any atom is -0.476 e. The molecule has 0 bridgehead atoms. The Balaban J connectivity index is 2.22. The molecule has 1 aromatic rings. The van der Waals surface area contributed by atoms with Crippen LogP contribution in [-0.4, -0.2) is 47.1 Å². The normalized spacial score (nSPS) is 11.1. The predicted molar refractivity (Wildman–Crippen MR) is 73.2 cm³/mol. The molecule has 1 heterocycles. The van der Waals surface area contributed by atoms with Crippen LogP contribution in [0.15, 0.2) is 5.38 Å². The van der Waals surface area contributed by atoms with Gasteiger partial charge in [-0.3, -0.25) is 0 Å². The van der Waals surface area contributed by atoms with E-state index in [1.807, 2.05) is 0 Å². The van der Waals surface area contributed by atoms with Crippen molar-refractivity contribution in [1.29, 1.82) is 0 Å². The molecule has 102 valence electrons. The van der Waals surface area contributed by atoms with Crippen LogP contribution in [0, 0.1) is 0 Å². The molecule has 0 saturated heterocycles. The topological polar surface area (TPSA) is 65.5 Å². The van der Waals surface area contributed by atoms with E-state index in [0.717, 1.165) is 31.9 Å². The number of hydrogen-bond donors (Lipinski definition) is 2. The number of carbonyl (C=O) groups is 1.